The SMILES string of the molecule is Ic1ccccc1.O=Cc1ccccc1F. The van der Waals surface area contributed by atoms with Gasteiger partial charge in [0.1, 0.15) is 5.82 Å². The number of halogens is 2. The van der Waals surface area contributed by atoms with Crippen molar-refractivity contribution in [3.63, 3.8) is 0 Å². The summed E-state index contributed by atoms with van der Waals surface area (Å²) in [5, 5.41) is 0. The van der Waals surface area contributed by atoms with Crippen molar-refractivity contribution in [3.05, 3.63) is 69.5 Å². The summed E-state index contributed by atoms with van der Waals surface area (Å²) < 4.78 is 13.7. The van der Waals surface area contributed by atoms with Crippen LogP contribution < -0.4 is 0 Å². The highest BCUT2D eigenvalue weighted by Gasteiger charge is 1.94. The molecule has 2 aromatic carbocycles. The first-order chi connectivity index (χ1) is 7.74. The Morgan fingerprint density at radius 1 is 0.938 bits per heavy atom. The number of rotatable bonds is 1. The Labute approximate surface area is 107 Å². The Bertz CT molecular complexity index is 443. The molecular weight excluding hydrogens is 318 g/mol. The summed E-state index contributed by atoms with van der Waals surface area (Å²) in [5.41, 5.74) is 0.109. The van der Waals surface area contributed by atoms with Crippen molar-refractivity contribution in [1.82, 2.24) is 0 Å². The van der Waals surface area contributed by atoms with Crippen LogP contribution in [0.2, 0.25) is 0 Å². The highest BCUT2D eigenvalue weighted by Crippen LogP contribution is 2.01. The Morgan fingerprint density at radius 2 is 1.50 bits per heavy atom. The van der Waals surface area contributed by atoms with Gasteiger partial charge in [-0.05, 0) is 46.9 Å². The van der Waals surface area contributed by atoms with Crippen LogP contribution in [0, 0.1) is 9.39 Å². The van der Waals surface area contributed by atoms with E-state index >= 15 is 0 Å². The van der Waals surface area contributed by atoms with Gasteiger partial charge < -0.3 is 0 Å². The van der Waals surface area contributed by atoms with Crippen LogP contribution in [0.4, 0.5) is 4.39 Å². The lowest BCUT2D eigenvalue weighted by Crippen LogP contribution is -1.83. The Hall–Kier alpha value is -1.23. The average molecular weight is 328 g/mol. The van der Waals surface area contributed by atoms with Crippen LogP contribution in [-0.2, 0) is 0 Å². The van der Waals surface area contributed by atoms with Gasteiger partial charge in [-0.15, -0.1) is 0 Å². The topological polar surface area (TPSA) is 17.1 Å². The van der Waals surface area contributed by atoms with Crippen molar-refractivity contribution in [1.29, 1.82) is 0 Å². The summed E-state index contributed by atoms with van der Waals surface area (Å²) in [6, 6.07) is 16.1. The van der Waals surface area contributed by atoms with E-state index in [0.717, 1.165) is 0 Å². The number of hydrogen-bond acceptors (Lipinski definition) is 1. The quantitative estimate of drug-likeness (QED) is 0.573. The molecule has 0 bridgehead atoms. The second-order valence-corrected chi connectivity index (χ2v) is 4.18. The largest absolute Gasteiger partial charge is 0.298 e. The number of carbonyl (C=O) groups is 1. The van der Waals surface area contributed by atoms with Gasteiger partial charge in [0.2, 0.25) is 0 Å². The minimum absolute atomic E-state index is 0.109. The molecule has 3 heteroatoms. The first kappa shape index (κ1) is 12.8. The lowest BCUT2D eigenvalue weighted by molar-refractivity contribution is 0.112. The van der Waals surface area contributed by atoms with E-state index in [1.165, 1.54) is 15.7 Å². The fraction of sp³-hybridized carbons (Fsp3) is 0. The van der Waals surface area contributed by atoms with E-state index in [1.807, 2.05) is 18.2 Å². The molecular formula is C13H10FIO. The predicted molar refractivity (Wildman–Crippen MR) is 70.9 cm³/mol. The van der Waals surface area contributed by atoms with Gasteiger partial charge in [0.15, 0.2) is 6.29 Å². The first-order valence-corrected chi connectivity index (χ1v) is 5.72. The molecule has 0 aromatic heterocycles. The molecule has 0 saturated heterocycles. The zero-order chi connectivity index (χ0) is 11.8. The minimum Gasteiger partial charge on any atom is -0.298 e. The monoisotopic (exact) mass is 328 g/mol. The molecule has 2 aromatic rings. The fourth-order valence-electron chi connectivity index (χ4n) is 0.985. The third-order valence-corrected chi connectivity index (χ3v) is 2.48. The van der Waals surface area contributed by atoms with Crippen molar-refractivity contribution in [2.75, 3.05) is 0 Å². The van der Waals surface area contributed by atoms with Crippen molar-refractivity contribution in [2.24, 2.45) is 0 Å². The number of hydrogen-bond donors (Lipinski definition) is 0. The van der Waals surface area contributed by atoms with Crippen LogP contribution in [0.1, 0.15) is 10.4 Å². The Kier molecular flexibility index (Phi) is 5.71. The molecule has 0 aliphatic heterocycles. The molecule has 0 atom stereocenters. The summed E-state index contributed by atoms with van der Waals surface area (Å²) in [4.78, 5) is 9.99. The van der Waals surface area contributed by atoms with E-state index in [1.54, 1.807) is 12.1 Å². The molecule has 1 nitrogen and oxygen atoms in total. The van der Waals surface area contributed by atoms with Crippen LogP contribution in [0.25, 0.3) is 0 Å². The summed E-state index contributed by atoms with van der Waals surface area (Å²) in [6.07, 6.45) is 0.495. The van der Waals surface area contributed by atoms with Crippen molar-refractivity contribution in [2.45, 2.75) is 0 Å². The third kappa shape index (κ3) is 4.53. The van der Waals surface area contributed by atoms with E-state index < -0.39 is 5.82 Å². The average Bonchev–Trinajstić information content (AvgIpc) is 2.31. The Morgan fingerprint density at radius 3 is 1.88 bits per heavy atom. The van der Waals surface area contributed by atoms with E-state index in [-0.39, 0.29) is 5.56 Å². The van der Waals surface area contributed by atoms with Gasteiger partial charge in [-0.25, -0.2) is 4.39 Å². The fourth-order valence-corrected chi connectivity index (χ4v) is 1.40. The zero-order valence-corrected chi connectivity index (χ0v) is 10.6. The van der Waals surface area contributed by atoms with Crippen molar-refractivity contribution in [3.8, 4) is 0 Å². The standard InChI is InChI=1S/C7H5FO.C6H5I/c8-7-4-2-1-3-6(7)5-9;7-6-4-2-1-3-5-6/h1-5H;1-5H. The molecule has 16 heavy (non-hydrogen) atoms. The van der Waals surface area contributed by atoms with Crippen molar-refractivity contribution >= 4 is 28.9 Å². The lowest BCUT2D eigenvalue weighted by atomic mass is 10.2. The molecule has 0 saturated carbocycles. The summed E-state index contributed by atoms with van der Waals surface area (Å²) in [6.45, 7) is 0. The summed E-state index contributed by atoms with van der Waals surface area (Å²) >= 11 is 2.28. The maximum Gasteiger partial charge on any atom is 0.152 e. The van der Waals surface area contributed by atoms with Gasteiger partial charge in [-0.2, -0.15) is 0 Å². The molecule has 2 rings (SSSR count). The smallest absolute Gasteiger partial charge is 0.152 e. The summed E-state index contributed by atoms with van der Waals surface area (Å²) in [5.74, 6) is -0.465. The van der Waals surface area contributed by atoms with Gasteiger partial charge in [0, 0.05) is 3.57 Å². The minimum atomic E-state index is -0.465. The maximum atomic E-state index is 12.4. The predicted octanol–water partition coefficient (Wildman–Crippen LogP) is 3.93. The molecule has 0 fully saturated rings. The number of aldehydes is 1. The van der Waals surface area contributed by atoms with Crippen LogP contribution in [0.15, 0.2) is 54.6 Å². The van der Waals surface area contributed by atoms with Crippen LogP contribution >= 0.6 is 22.6 Å². The molecule has 0 aliphatic carbocycles. The van der Waals surface area contributed by atoms with Gasteiger partial charge in [0.25, 0.3) is 0 Å². The maximum absolute atomic E-state index is 12.4. The molecule has 82 valence electrons. The summed E-state index contributed by atoms with van der Waals surface area (Å²) in [7, 11) is 0. The zero-order valence-electron chi connectivity index (χ0n) is 8.44. The number of benzene rings is 2. The molecule has 0 amide bonds. The molecule has 0 heterocycles. The van der Waals surface area contributed by atoms with E-state index in [9.17, 15) is 9.18 Å². The van der Waals surface area contributed by atoms with Gasteiger partial charge in [0.05, 0.1) is 5.56 Å². The molecule has 0 radical (unpaired) electrons. The third-order valence-electron chi connectivity index (χ3n) is 1.77. The van der Waals surface area contributed by atoms with E-state index in [2.05, 4.69) is 34.7 Å². The van der Waals surface area contributed by atoms with Gasteiger partial charge in [-0.3, -0.25) is 4.79 Å². The molecule has 0 unspecified atom stereocenters. The molecule has 0 spiro atoms. The molecule has 0 aliphatic rings. The number of carbonyl (C=O) groups excluding carboxylic acids is 1. The normalized spacial score (nSPS) is 8.88. The second-order valence-electron chi connectivity index (χ2n) is 2.93. The van der Waals surface area contributed by atoms with E-state index in [0.29, 0.717) is 6.29 Å². The Balaban J connectivity index is 0.000000165. The van der Waals surface area contributed by atoms with Crippen molar-refractivity contribution < 1.29 is 9.18 Å². The van der Waals surface area contributed by atoms with Crippen LogP contribution in [0.3, 0.4) is 0 Å². The van der Waals surface area contributed by atoms with E-state index in [4.69, 9.17) is 0 Å². The van der Waals surface area contributed by atoms with Crippen LogP contribution in [-0.4, -0.2) is 6.29 Å². The lowest BCUT2D eigenvalue weighted by Gasteiger charge is -1.88. The molecule has 0 N–H and O–H groups in total. The first-order valence-electron chi connectivity index (χ1n) is 4.64. The van der Waals surface area contributed by atoms with Crippen LogP contribution in [0.5, 0.6) is 0 Å². The van der Waals surface area contributed by atoms with Gasteiger partial charge in [-0.1, -0.05) is 30.3 Å². The highest BCUT2D eigenvalue weighted by atomic mass is 127. The second kappa shape index (κ2) is 7.11. The van der Waals surface area contributed by atoms with Gasteiger partial charge >= 0.3 is 0 Å². The highest BCUT2D eigenvalue weighted by molar-refractivity contribution is 14.1.